The normalized spacial score (nSPS) is 23.2. The maximum atomic E-state index is 13.3. The molecule has 9 rings (SSSR count). The number of hydrogen-bond donors (Lipinski definition) is 3. The van der Waals surface area contributed by atoms with Gasteiger partial charge in [-0.1, -0.05) is 29.3 Å². The molecule has 2 aromatic carbocycles. The monoisotopic (exact) mass is 826 g/mol. The lowest BCUT2D eigenvalue weighted by molar-refractivity contribution is -0.136. The molecule has 0 radical (unpaired) electrons. The minimum Gasteiger partial charge on any atom is -0.371 e. The van der Waals surface area contributed by atoms with Crippen LogP contribution in [-0.4, -0.2) is 110 Å². The van der Waals surface area contributed by atoms with Crippen molar-refractivity contribution in [2.75, 3.05) is 49.5 Å². The van der Waals surface area contributed by atoms with Crippen molar-refractivity contribution in [3.05, 3.63) is 75.8 Å². The number of likely N-dealkylation sites (tertiary alicyclic amines) is 1. The Bertz CT molecular complexity index is 2280. The van der Waals surface area contributed by atoms with Gasteiger partial charge in [0.05, 0.1) is 33.1 Å². The maximum Gasteiger partial charge on any atom is 0.262 e. The van der Waals surface area contributed by atoms with Crippen LogP contribution in [0.5, 0.6) is 0 Å². The summed E-state index contributed by atoms with van der Waals surface area (Å²) in [7, 11) is 0. The fraction of sp³-hybridized carbons (Fsp3) is 0.463. The zero-order valence-corrected chi connectivity index (χ0v) is 33.3. The molecule has 4 aromatic rings. The second-order valence-corrected chi connectivity index (χ2v) is 17.0. The largest absolute Gasteiger partial charge is 0.371 e. The van der Waals surface area contributed by atoms with E-state index in [1.165, 1.54) is 0 Å². The van der Waals surface area contributed by atoms with Crippen LogP contribution in [0, 0.1) is 11.8 Å². The molecule has 1 aliphatic carbocycles. The van der Waals surface area contributed by atoms with E-state index in [0.29, 0.717) is 38.6 Å². The lowest BCUT2D eigenvalue weighted by atomic mass is 9.86. The van der Waals surface area contributed by atoms with Crippen LogP contribution in [-0.2, 0) is 9.59 Å². The molecule has 302 valence electrons. The summed E-state index contributed by atoms with van der Waals surface area (Å²) in [5.41, 5.74) is 3.35. The van der Waals surface area contributed by atoms with Gasteiger partial charge < -0.3 is 25.0 Å². The van der Waals surface area contributed by atoms with Crippen molar-refractivity contribution in [2.45, 2.75) is 69.5 Å². The molecular weight excluding hydrogens is 783 g/mol. The molecule has 1 unspecified atom stereocenters. The van der Waals surface area contributed by atoms with E-state index >= 15 is 0 Å². The molecule has 58 heavy (non-hydrogen) atoms. The molecule has 6 heterocycles. The first-order valence-electron chi connectivity index (χ1n) is 20.1. The number of nitrogens with zero attached hydrogens (tertiary/aromatic N) is 7. The quantitative estimate of drug-likeness (QED) is 0.189. The van der Waals surface area contributed by atoms with Gasteiger partial charge in [-0.3, -0.25) is 34.2 Å². The summed E-state index contributed by atoms with van der Waals surface area (Å²) in [6.07, 6.45) is 9.40. The summed E-state index contributed by atoms with van der Waals surface area (Å²) >= 11 is 12.5. The molecule has 1 atom stereocenters. The number of benzene rings is 2. The number of nitrogens with one attached hydrogen (secondary N) is 3. The molecule has 4 fully saturated rings. The van der Waals surface area contributed by atoms with Crippen molar-refractivity contribution in [2.24, 2.45) is 11.8 Å². The van der Waals surface area contributed by atoms with E-state index in [0.717, 1.165) is 105 Å². The number of imidazole rings is 1. The molecule has 3 saturated heterocycles. The summed E-state index contributed by atoms with van der Waals surface area (Å²) < 4.78 is 2.07. The van der Waals surface area contributed by atoms with Crippen molar-refractivity contribution >= 4 is 75.4 Å². The van der Waals surface area contributed by atoms with E-state index < -0.39 is 23.8 Å². The second-order valence-electron chi connectivity index (χ2n) is 16.2. The lowest BCUT2D eigenvalue weighted by Crippen LogP contribution is -2.54. The van der Waals surface area contributed by atoms with Gasteiger partial charge in [-0.05, 0) is 100 Å². The minimum atomic E-state index is -0.967. The fourth-order valence-corrected chi connectivity index (χ4v) is 9.73. The van der Waals surface area contributed by atoms with Crippen LogP contribution in [0.1, 0.15) is 88.5 Å². The number of rotatable bonds is 10. The highest BCUT2D eigenvalue weighted by molar-refractivity contribution is 6.39. The SMILES string of the molecule is O=C1CCC(N2C(=O)c3ccc(N4CCC(CN5CCC(CNc6ncnc7c6ncn7C6CC(NC(=O)c7c(Cl)cccc7Cl)C6)CC5)CC4)cc3C2=O)C(=O)N1. The van der Waals surface area contributed by atoms with Crippen molar-refractivity contribution in [1.82, 2.24) is 40.0 Å². The van der Waals surface area contributed by atoms with Crippen molar-refractivity contribution in [1.29, 1.82) is 0 Å². The average molecular weight is 828 g/mol. The standard InChI is InChI=1S/C41H44Cl2N10O5/c42-30-2-1-3-31(43)34(30)39(56)48-25-16-27(17-25)52-22-47-35-36(45-21-46-37(35)52)44-19-23-8-12-50(13-9-23)20-24-10-14-51(15-11-24)26-4-5-28-29(18-26)41(58)53(40(28)57)32-6-7-33(54)49-38(32)55/h1-5,18,21-25,27,32H,6-17,19-20H2,(H,48,56)(H,44,45,46)(H,49,54,55). The Morgan fingerprint density at radius 3 is 2.31 bits per heavy atom. The van der Waals surface area contributed by atoms with Crippen LogP contribution >= 0.6 is 23.2 Å². The average Bonchev–Trinajstić information content (AvgIpc) is 3.74. The van der Waals surface area contributed by atoms with Crippen LogP contribution in [0.25, 0.3) is 11.2 Å². The number of hydrogen-bond acceptors (Lipinski definition) is 11. The van der Waals surface area contributed by atoms with Gasteiger partial charge in [0.15, 0.2) is 11.5 Å². The van der Waals surface area contributed by atoms with Gasteiger partial charge >= 0.3 is 0 Å². The molecule has 1 saturated carbocycles. The van der Waals surface area contributed by atoms with Crippen molar-refractivity contribution < 1.29 is 24.0 Å². The van der Waals surface area contributed by atoms with E-state index in [-0.39, 0.29) is 36.7 Å². The number of aromatic nitrogens is 4. The molecule has 3 N–H and O–H groups in total. The summed E-state index contributed by atoms with van der Waals surface area (Å²) in [6, 6.07) is 9.59. The van der Waals surface area contributed by atoms with Crippen molar-refractivity contribution in [3.8, 4) is 0 Å². The topological polar surface area (TPSA) is 175 Å². The number of carbonyl (C=O) groups is 5. The summed E-state index contributed by atoms with van der Waals surface area (Å²) in [5, 5.41) is 9.52. The van der Waals surface area contributed by atoms with Crippen LogP contribution < -0.4 is 20.9 Å². The summed E-state index contributed by atoms with van der Waals surface area (Å²) in [6.45, 7) is 5.70. The molecular formula is C41H44Cl2N10O5. The van der Waals surface area contributed by atoms with Crippen LogP contribution in [0.2, 0.25) is 10.0 Å². The number of carbonyl (C=O) groups excluding carboxylic acids is 5. The molecule has 5 aliphatic rings. The Kier molecular flexibility index (Phi) is 10.5. The summed E-state index contributed by atoms with van der Waals surface area (Å²) in [4.78, 5) is 83.0. The Hall–Kier alpha value is -5.12. The minimum absolute atomic E-state index is 0.000851. The zero-order chi connectivity index (χ0) is 40.1. The zero-order valence-electron chi connectivity index (χ0n) is 31.8. The highest BCUT2D eigenvalue weighted by atomic mass is 35.5. The Balaban J connectivity index is 0.717. The number of halogens is 2. The molecule has 0 bridgehead atoms. The predicted octanol–water partition coefficient (Wildman–Crippen LogP) is 4.71. The Morgan fingerprint density at radius 2 is 1.57 bits per heavy atom. The third kappa shape index (κ3) is 7.39. The number of anilines is 2. The van der Waals surface area contributed by atoms with Crippen molar-refractivity contribution in [3.63, 3.8) is 0 Å². The molecule has 5 amide bonds. The number of imide groups is 2. The fourth-order valence-electron chi connectivity index (χ4n) is 9.16. The van der Waals surface area contributed by atoms with Gasteiger partial charge in [-0.25, -0.2) is 15.0 Å². The number of piperidine rings is 3. The summed E-state index contributed by atoms with van der Waals surface area (Å²) in [5.74, 6) is -0.379. The highest BCUT2D eigenvalue weighted by Gasteiger charge is 2.45. The Morgan fingerprint density at radius 1 is 0.845 bits per heavy atom. The Labute approximate surface area is 344 Å². The smallest absolute Gasteiger partial charge is 0.262 e. The third-order valence-corrected chi connectivity index (χ3v) is 13.2. The van der Waals surface area contributed by atoms with E-state index in [9.17, 15) is 24.0 Å². The van der Waals surface area contributed by atoms with Gasteiger partial charge in [0.25, 0.3) is 17.7 Å². The maximum absolute atomic E-state index is 13.3. The predicted molar refractivity (Wildman–Crippen MR) is 217 cm³/mol. The van der Waals surface area contributed by atoms with Crippen LogP contribution in [0.4, 0.5) is 11.5 Å². The molecule has 0 spiro atoms. The van der Waals surface area contributed by atoms with E-state index in [4.69, 9.17) is 23.2 Å². The molecule has 15 nitrogen and oxygen atoms in total. The van der Waals surface area contributed by atoms with E-state index in [2.05, 4.69) is 45.3 Å². The second kappa shape index (κ2) is 15.9. The highest BCUT2D eigenvalue weighted by Crippen LogP contribution is 2.37. The first-order chi connectivity index (χ1) is 28.1. The van der Waals surface area contributed by atoms with Crippen LogP contribution in [0.15, 0.2) is 49.1 Å². The van der Waals surface area contributed by atoms with Gasteiger partial charge in [0, 0.05) is 50.4 Å². The molecule has 2 aromatic heterocycles. The van der Waals surface area contributed by atoms with Gasteiger partial charge in [-0.15, -0.1) is 0 Å². The van der Waals surface area contributed by atoms with Gasteiger partial charge in [0.1, 0.15) is 17.9 Å². The first-order valence-corrected chi connectivity index (χ1v) is 20.9. The molecule has 4 aliphatic heterocycles. The third-order valence-electron chi connectivity index (χ3n) is 12.6. The lowest BCUT2D eigenvalue weighted by Gasteiger charge is -2.38. The van der Waals surface area contributed by atoms with Crippen LogP contribution in [0.3, 0.4) is 0 Å². The first kappa shape index (κ1) is 38.4. The van der Waals surface area contributed by atoms with Gasteiger partial charge in [0.2, 0.25) is 11.8 Å². The van der Waals surface area contributed by atoms with Gasteiger partial charge in [-0.2, -0.15) is 0 Å². The molecule has 17 heteroatoms. The number of amides is 5. The van der Waals surface area contributed by atoms with E-state index in [1.807, 2.05) is 12.4 Å². The number of fused-ring (bicyclic) bond motifs is 2. The van der Waals surface area contributed by atoms with E-state index in [1.54, 1.807) is 36.7 Å².